The minimum absolute atomic E-state index is 0.116. The summed E-state index contributed by atoms with van der Waals surface area (Å²) in [4.78, 5) is 12.3. The number of benzene rings is 3. The molecule has 0 aliphatic carbocycles. The van der Waals surface area contributed by atoms with Crippen molar-refractivity contribution in [1.82, 2.24) is 20.1 Å². The quantitative estimate of drug-likeness (QED) is 0.299. The lowest BCUT2D eigenvalue weighted by molar-refractivity contribution is -0.118. The zero-order chi connectivity index (χ0) is 22.2. The predicted molar refractivity (Wildman–Crippen MR) is 124 cm³/mol. The first kappa shape index (κ1) is 21.5. The Hall–Kier alpha value is -3.78. The summed E-state index contributed by atoms with van der Waals surface area (Å²) in [7, 11) is 0. The highest BCUT2D eigenvalue weighted by molar-refractivity contribution is 7.99. The van der Waals surface area contributed by atoms with Crippen LogP contribution in [0.1, 0.15) is 0 Å². The Morgan fingerprint density at radius 2 is 1.62 bits per heavy atom. The van der Waals surface area contributed by atoms with Gasteiger partial charge >= 0.3 is 0 Å². The van der Waals surface area contributed by atoms with E-state index in [9.17, 15) is 9.90 Å². The number of para-hydroxylation sites is 3. The second-order valence-corrected chi connectivity index (χ2v) is 7.74. The SMILES string of the molecule is O=C(CSc1nnc(-c2ccccc2O)n1-c1ccccc1)NCCOc1ccccc1. The van der Waals surface area contributed by atoms with E-state index in [1.54, 1.807) is 18.2 Å². The fourth-order valence-electron chi connectivity index (χ4n) is 3.07. The summed E-state index contributed by atoms with van der Waals surface area (Å²) in [6.45, 7) is 0.793. The first-order valence-electron chi connectivity index (χ1n) is 10.1. The number of thioether (sulfide) groups is 1. The summed E-state index contributed by atoms with van der Waals surface area (Å²) in [6, 6.07) is 26.0. The van der Waals surface area contributed by atoms with Gasteiger partial charge in [-0.15, -0.1) is 10.2 Å². The second-order valence-electron chi connectivity index (χ2n) is 6.79. The van der Waals surface area contributed by atoms with Gasteiger partial charge < -0.3 is 15.2 Å². The van der Waals surface area contributed by atoms with Gasteiger partial charge in [0.15, 0.2) is 11.0 Å². The number of phenols is 1. The third-order valence-corrected chi connectivity index (χ3v) is 5.49. The number of nitrogens with zero attached hydrogens (tertiary/aromatic N) is 3. The first-order valence-corrected chi connectivity index (χ1v) is 11.1. The Morgan fingerprint density at radius 3 is 2.38 bits per heavy atom. The molecule has 2 N–H and O–H groups in total. The molecule has 0 saturated carbocycles. The maximum Gasteiger partial charge on any atom is 0.230 e. The van der Waals surface area contributed by atoms with Crippen molar-refractivity contribution in [1.29, 1.82) is 0 Å². The van der Waals surface area contributed by atoms with Gasteiger partial charge in [0.25, 0.3) is 0 Å². The lowest BCUT2D eigenvalue weighted by Gasteiger charge is -2.11. The molecule has 4 aromatic rings. The van der Waals surface area contributed by atoms with Crippen LogP contribution in [0.3, 0.4) is 0 Å². The zero-order valence-corrected chi connectivity index (χ0v) is 18.0. The Kier molecular flexibility index (Phi) is 7.04. The zero-order valence-electron chi connectivity index (χ0n) is 17.2. The number of ether oxygens (including phenoxy) is 1. The summed E-state index contributed by atoms with van der Waals surface area (Å²) < 4.78 is 7.43. The summed E-state index contributed by atoms with van der Waals surface area (Å²) in [6.07, 6.45) is 0. The van der Waals surface area contributed by atoms with Crippen LogP contribution in [0.2, 0.25) is 0 Å². The smallest absolute Gasteiger partial charge is 0.230 e. The van der Waals surface area contributed by atoms with E-state index in [4.69, 9.17) is 4.74 Å². The third kappa shape index (κ3) is 5.28. The minimum Gasteiger partial charge on any atom is -0.507 e. The molecular formula is C24H22N4O3S. The minimum atomic E-state index is -0.126. The largest absolute Gasteiger partial charge is 0.507 e. The van der Waals surface area contributed by atoms with Crippen molar-refractivity contribution < 1.29 is 14.6 Å². The number of amides is 1. The molecule has 0 unspecified atom stereocenters. The van der Waals surface area contributed by atoms with Crippen LogP contribution in [0.25, 0.3) is 17.1 Å². The number of hydrogen-bond donors (Lipinski definition) is 2. The number of carbonyl (C=O) groups excluding carboxylic acids is 1. The highest BCUT2D eigenvalue weighted by atomic mass is 32.2. The normalized spacial score (nSPS) is 10.6. The van der Waals surface area contributed by atoms with E-state index in [1.165, 1.54) is 11.8 Å². The number of phenolic OH excluding ortho intramolecular Hbond substituents is 1. The van der Waals surface area contributed by atoms with Crippen molar-refractivity contribution in [3.05, 3.63) is 84.9 Å². The summed E-state index contributed by atoms with van der Waals surface area (Å²) in [5.41, 5.74) is 1.41. The summed E-state index contributed by atoms with van der Waals surface area (Å²) in [5, 5.41) is 22.3. The molecule has 0 bridgehead atoms. The molecule has 0 spiro atoms. The molecule has 0 atom stereocenters. The van der Waals surface area contributed by atoms with Gasteiger partial charge in [-0.05, 0) is 36.4 Å². The number of nitrogens with one attached hydrogen (secondary N) is 1. The highest BCUT2D eigenvalue weighted by Crippen LogP contribution is 2.32. The monoisotopic (exact) mass is 446 g/mol. The van der Waals surface area contributed by atoms with E-state index in [-0.39, 0.29) is 17.4 Å². The fraction of sp³-hybridized carbons (Fsp3) is 0.125. The number of aromatic hydroxyl groups is 1. The second kappa shape index (κ2) is 10.5. The molecule has 0 fully saturated rings. The van der Waals surface area contributed by atoms with Gasteiger partial charge in [0.05, 0.1) is 17.9 Å². The van der Waals surface area contributed by atoms with Crippen LogP contribution in [0.4, 0.5) is 0 Å². The van der Waals surface area contributed by atoms with Crippen LogP contribution in [-0.4, -0.2) is 44.7 Å². The van der Waals surface area contributed by atoms with Crippen molar-refractivity contribution >= 4 is 17.7 Å². The summed E-state index contributed by atoms with van der Waals surface area (Å²) >= 11 is 1.28. The van der Waals surface area contributed by atoms with Crippen LogP contribution < -0.4 is 10.1 Å². The van der Waals surface area contributed by atoms with Crippen LogP contribution in [0.5, 0.6) is 11.5 Å². The molecule has 1 amide bonds. The molecule has 32 heavy (non-hydrogen) atoms. The first-order chi connectivity index (χ1) is 15.7. The topological polar surface area (TPSA) is 89.3 Å². The van der Waals surface area contributed by atoms with E-state index in [0.717, 1.165) is 11.4 Å². The molecule has 162 valence electrons. The molecule has 7 nitrogen and oxygen atoms in total. The average molecular weight is 447 g/mol. The molecule has 3 aromatic carbocycles. The number of carbonyl (C=O) groups is 1. The summed E-state index contributed by atoms with van der Waals surface area (Å²) in [5.74, 6) is 1.44. The number of rotatable bonds is 9. The molecule has 0 aliphatic rings. The molecule has 8 heteroatoms. The van der Waals surface area contributed by atoms with E-state index in [1.807, 2.05) is 71.3 Å². The highest BCUT2D eigenvalue weighted by Gasteiger charge is 2.19. The van der Waals surface area contributed by atoms with Crippen molar-refractivity contribution in [3.63, 3.8) is 0 Å². The Bertz CT molecular complexity index is 1170. The maximum absolute atomic E-state index is 12.3. The molecule has 1 heterocycles. The van der Waals surface area contributed by atoms with Gasteiger partial charge in [-0.2, -0.15) is 0 Å². The van der Waals surface area contributed by atoms with Gasteiger partial charge in [0, 0.05) is 5.69 Å². The van der Waals surface area contributed by atoms with Crippen LogP contribution in [-0.2, 0) is 4.79 Å². The lowest BCUT2D eigenvalue weighted by atomic mass is 10.2. The van der Waals surface area contributed by atoms with E-state index >= 15 is 0 Å². The van der Waals surface area contributed by atoms with Crippen LogP contribution >= 0.6 is 11.8 Å². The lowest BCUT2D eigenvalue weighted by Crippen LogP contribution is -2.29. The fourth-order valence-corrected chi connectivity index (χ4v) is 3.85. The van der Waals surface area contributed by atoms with Gasteiger partial charge in [0.2, 0.25) is 5.91 Å². The molecular weight excluding hydrogens is 424 g/mol. The van der Waals surface area contributed by atoms with Crippen molar-refractivity contribution in [3.8, 4) is 28.6 Å². The van der Waals surface area contributed by atoms with Crippen molar-refractivity contribution in [2.24, 2.45) is 0 Å². The van der Waals surface area contributed by atoms with Crippen LogP contribution in [0.15, 0.2) is 90.1 Å². The predicted octanol–water partition coefficient (Wildman–Crippen LogP) is 3.93. The molecule has 4 rings (SSSR count). The van der Waals surface area contributed by atoms with Crippen LogP contribution in [0, 0.1) is 0 Å². The maximum atomic E-state index is 12.3. The van der Waals surface area contributed by atoms with Crippen molar-refractivity contribution in [2.45, 2.75) is 5.16 Å². The standard InChI is InChI=1S/C24H22N4O3S/c29-21-14-8-7-13-20(21)23-26-27-24(28(23)18-9-3-1-4-10-18)32-17-22(30)25-15-16-31-19-11-5-2-6-12-19/h1-14,29H,15-17H2,(H,25,30). The Labute approximate surface area is 190 Å². The van der Waals surface area contributed by atoms with Gasteiger partial charge in [-0.25, -0.2) is 0 Å². The van der Waals surface area contributed by atoms with E-state index in [0.29, 0.717) is 29.7 Å². The average Bonchev–Trinajstić information content (AvgIpc) is 3.26. The number of hydrogen-bond acceptors (Lipinski definition) is 6. The van der Waals surface area contributed by atoms with Crippen molar-refractivity contribution in [2.75, 3.05) is 18.9 Å². The van der Waals surface area contributed by atoms with E-state index in [2.05, 4.69) is 15.5 Å². The van der Waals surface area contributed by atoms with E-state index < -0.39 is 0 Å². The number of aromatic nitrogens is 3. The molecule has 1 aromatic heterocycles. The van der Waals surface area contributed by atoms with Gasteiger partial charge in [-0.1, -0.05) is 60.3 Å². The third-order valence-electron chi connectivity index (χ3n) is 4.56. The van der Waals surface area contributed by atoms with Gasteiger partial charge in [0.1, 0.15) is 18.1 Å². The van der Waals surface area contributed by atoms with Gasteiger partial charge in [-0.3, -0.25) is 9.36 Å². The molecule has 0 radical (unpaired) electrons. The Balaban J connectivity index is 1.42. The molecule has 0 aliphatic heterocycles. The Morgan fingerprint density at radius 1 is 0.938 bits per heavy atom. The molecule has 0 saturated heterocycles.